The lowest BCUT2D eigenvalue weighted by atomic mass is 10.0. The van der Waals surface area contributed by atoms with Crippen molar-refractivity contribution in [3.8, 4) is 0 Å². The first kappa shape index (κ1) is 24.7. The number of likely N-dealkylation sites (tertiary alicyclic amines) is 2. The summed E-state index contributed by atoms with van der Waals surface area (Å²) in [5, 5.41) is 2.13. The molecule has 0 spiro atoms. The van der Waals surface area contributed by atoms with Crippen LogP contribution < -0.4 is 4.72 Å². The quantitative estimate of drug-likeness (QED) is 0.530. The van der Waals surface area contributed by atoms with E-state index in [9.17, 15) is 18.0 Å². The molecule has 3 heterocycles. The minimum absolute atomic E-state index is 0.0301. The average molecular weight is 527 g/mol. The van der Waals surface area contributed by atoms with Gasteiger partial charge in [0.15, 0.2) is 0 Å². The molecule has 0 radical (unpaired) electrons. The smallest absolute Gasteiger partial charge is 0.242 e. The van der Waals surface area contributed by atoms with E-state index in [1.807, 2.05) is 17.0 Å². The lowest BCUT2D eigenvalue weighted by molar-refractivity contribution is -0.143. The van der Waals surface area contributed by atoms with Gasteiger partial charge in [-0.15, -0.1) is 0 Å². The van der Waals surface area contributed by atoms with Gasteiger partial charge in [0.05, 0.1) is 17.5 Å². The molecular weight excluding hydrogens is 500 g/mol. The van der Waals surface area contributed by atoms with Crippen molar-refractivity contribution >= 4 is 44.2 Å². The molecule has 3 aromatic rings. The highest BCUT2D eigenvalue weighted by Gasteiger charge is 2.36. The summed E-state index contributed by atoms with van der Waals surface area (Å²) >= 11 is 6.02. The third-order valence-electron chi connectivity index (χ3n) is 6.90. The fourth-order valence-corrected chi connectivity index (χ4v) is 6.51. The van der Waals surface area contributed by atoms with Gasteiger partial charge < -0.3 is 9.80 Å². The van der Waals surface area contributed by atoms with E-state index in [2.05, 4.69) is 9.71 Å². The molecule has 8 nitrogen and oxygen atoms in total. The maximum Gasteiger partial charge on any atom is 0.242 e. The Balaban J connectivity index is 1.27. The van der Waals surface area contributed by atoms with Gasteiger partial charge in [0.25, 0.3) is 0 Å². The first-order valence-corrected chi connectivity index (χ1v) is 13.9. The molecule has 2 saturated heterocycles. The largest absolute Gasteiger partial charge is 0.334 e. The lowest BCUT2D eigenvalue weighted by Gasteiger charge is -2.34. The predicted octanol–water partition coefficient (Wildman–Crippen LogP) is 3.52. The second kappa shape index (κ2) is 10.2. The molecule has 36 heavy (non-hydrogen) atoms. The molecule has 1 unspecified atom stereocenters. The zero-order chi connectivity index (χ0) is 25.3. The van der Waals surface area contributed by atoms with Crippen molar-refractivity contribution in [3.63, 3.8) is 0 Å². The number of carbonyl (C=O) groups excluding carboxylic acids is 2. The van der Waals surface area contributed by atoms with Crippen LogP contribution in [0, 0.1) is 0 Å². The number of pyridine rings is 1. The van der Waals surface area contributed by atoms with Crippen LogP contribution in [0.1, 0.15) is 37.3 Å². The minimum Gasteiger partial charge on any atom is -0.334 e. The van der Waals surface area contributed by atoms with Crippen LogP contribution in [-0.2, 0) is 19.6 Å². The zero-order valence-corrected chi connectivity index (χ0v) is 21.2. The molecule has 1 N–H and O–H groups in total. The molecule has 2 fully saturated rings. The molecule has 2 aliphatic heterocycles. The van der Waals surface area contributed by atoms with Crippen molar-refractivity contribution in [2.24, 2.45) is 0 Å². The summed E-state index contributed by atoms with van der Waals surface area (Å²) in [5.74, 6) is -0.496. The Hall–Kier alpha value is -3.01. The number of piperidine rings is 1. The standard InChI is InChI=1S/C26H27ClN4O4S/c27-21-7-5-20-16-22(8-6-19(20)15-21)36(34,35)29-23-3-1-13-30(26(23)33)17-25(32)31-14-2-4-24(31)18-9-11-28-12-10-18/h5-12,15-16,23-24,29H,1-4,13-14,17H2/t23-,24?/m0/s1. The van der Waals surface area contributed by atoms with Crippen LogP contribution in [0.25, 0.3) is 10.8 Å². The number of carbonyl (C=O) groups is 2. The topological polar surface area (TPSA) is 99.7 Å². The summed E-state index contributed by atoms with van der Waals surface area (Å²) in [6.07, 6.45) is 6.18. The number of amides is 2. The van der Waals surface area contributed by atoms with Crippen molar-refractivity contribution < 1.29 is 18.0 Å². The second-order valence-electron chi connectivity index (χ2n) is 9.25. The Morgan fingerprint density at radius 2 is 1.72 bits per heavy atom. The van der Waals surface area contributed by atoms with Gasteiger partial charge in [0, 0.05) is 30.5 Å². The molecule has 2 aromatic carbocycles. The molecule has 0 saturated carbocycles. The van der Waals surface area contributed by atoms with Gasteiger partial charge >= 0.3 is 0 Å². The van der Waals surface area contributed by atoms with Gasteiger partial charge in [-0.25, -0.2) is 8.42 Å². The van der Waals surface area contributed by atoms with Crippen LogP contribution in [0.3, 0.4) is 0 Å². The number of rotatable bonds is 6. The third kappa shape index (κ3) is 5.09. The number of aromatic nitrogens is 1. The first-order chi connectivity index (χ1) is 17.3. The number of nitrogens with zero attached hydrogens (tertiary/aromatic N) is 3. The fourth-order valence-electron chi connectivity index (χ4n) is 5.08. The summed E-state index contributed by atoms with van der Waals surface area (Å²) in [6, 6.07) is 12.9. The van der Waals surface area contributed by atoms with Crippen LogP contribution in [0.5, 0.6) is 0 Å². The summed E-state index contributed by atoms with van der Waals surface area (Å²) in [4.78, 5) is 33.8. The number of hydrogen-bond donors (Lipinski definition) is 1. The van der Waals surface area contributed by atoms with Crippen molar-refractivity contribution in [3.05, 3.63) is 71.5 Å². The average Bonchev–Trinajstić information content (AvgIpc) is 3.37. The highest BCUT2D eigenvalue weighted by atomic mass is 35.5. The van der Waals surface area contributed by atoms with E-state index >= 15 is 0 Å². The summed E-state index contributed by atoms with van der Waals surface area (Å²) in [6.45, 7) is 1.000. The van der Waals surface area contributed by atoms with E-state index in [4.69, 9.17) is 11.6 Å². The van der Waals surface area contributed by atoms with Crippen LogP contribution in [0.15, 0.2) is 65.8 Å². The molecule has 2 atom stereocenters. The second-order valence-corrected chi connectivity index (χ2v) is 11.4. The van der Waals surface area contributed by atoms with Crippen molar-refractivity contribution in [1.29, 1.82) is 0 Å². The number of benzene rings is 2. The van der Waals surface area contributed by atoms with E-state index in [0.717, 1.165) is 29.2 Å². The van der Waals surface area contributed by atoms with Crippen LogP contribution in [0.4, 0.5) is 0 Å². The monoisotopic (exact) mass is 526 g/mol. The Morgan fingerprint density at radius 1 is 1.00 bits per heavy atom. The molecule has 2 amide bonds. The molecule has 2 aliphatic rings. The van der Waals surface area contributed by atoms with Crippen molar-refractivity contribution in [1.82, 2.24) is 19.5 Å². The van der Waals surface area contributed by atoms with Crippen molar-refractivity contribution in [2.45, 2.75) is 42.7 Å². The number of halogens is 1. The normalized spacial score (nSPS) is 20.8. The Morgan fingerprint density at radius 3 is 2.53 bits per heavy atom. The molecule has 1 aromatic heterocycles. The van der Waals surface area contributed by atoms with Gasteiger partial charge in [-0.1, -0.05) is 23.7 Å². The molecule has 0 bridgehead atoms. The van der Waals surface area contributed by atoms with E-state index < -0.39 is 16.1 Å². The number of sulfonamides is 1. The van der Waals surface area contributed by atoms with Gasteiger partial charge in [-0.05, 0) is 78.4 Å². The first-order valence-electron chi connectivity index (χ1n) is 12.0. The number of fused-ring (bicyclic) bond motifs is 1. The van der Waals surface area contributed by atoms with Gasteiger partial charge in [-0.3, -0.25) is 14.6 Å². The van der Waals surface area contributed by atoms with Crippen LogP contribution in [0.2, 0.25) is 5.02 Å². The van der Waals surface area contributed by atoms with Crippen LogP contribution >= 0.6 is 11.6 Å². The highest BCUT2D eigenvalue weighted by Crippen LogP contribution is 2.32. The highest BCUT2D eigenvalue weighted by molar-refractivity contribution is 7.89. The fraction of sp³-hybridized carbons (Fsp3) is 0.346. The predicted molar refractivity (Wildman–Crippen MR) is 137 cm³/mol. The summed E-state index contributed by atoms with van der Waals surface area (Å²) in [5.41, 5.74) is 1.03. The minimum atomic E-state index is -3.94. The Bertz CT molecular complexity index is 1400. The Kier molecular flexibility index (Phi) is 6.96. The van der Waals surface area contributed by atoms with Gasteiger partial charge in [0.2, 0.25) is 21.8 Å². The molecule has 5 rings (SSSR count). The van der Waals surface area contributed by atoms with Gasteiger partial charge in [-0.2, -0.15) is 4.72 Å². The van der Waals surface area contributed by atoms with E-state index in [1.54, 1.807) is 42.7 Å². The summed E-state index contributed by atoms with van der Waals surface area (Å²) < 4.78 is 28.8. The van der Waals surface area contributed by atoms with E-state index in [0.29, 0.717) is 31.0 Å². The van der Waals surface area contributed by atoms with Crippen LogP contribution in [-0.4, -0.2) is 60.7 Å². The number of hydrogen-bond acceptors (Lipinski definition) is 5. The van der Waals surface area contributed by atoms with E-state index in [-0.39, 0.29) is 29.3 Å². The third-order valence-corrected chi connectivity index (χ3v) is 8.61. The summed E-state index contributed by atoms with van der Waals surface area (Å²) in [7, 11) is -3.94. The van der Waals surface area contributed by atoms with Gasteiger partial charge in [0.1, 0.15) is 6.04 Å². The number of nitrogens with one attached hydrogen (secondary N) is 1. The SMILES string of the molecule is O=C1[C@@H](NS(=O)(=O)c2ccc3cc(Cl)ccc3c2)CCCN1CC(=O)N1CCCC1c1ccncc1. The maximum absolute atomic E-state index is 13.2. The lowest BCUT2D eigenvalue weighted by Crippen LogP contribution is -2.54. The molecule has 188 valence electrons. The van der Waals surface area contributed by atoms with Crippen molar-refractivity contribution in [2.75, 3.05) is 19.6 Å². The van der Waals surface area contributed by atoms with E-state index in [1.165, 1.54) is 11.0 Å². The maximum atomic E-state index is 13.2. The Labute approximate surface area is 215 Å². The molecular formula is C26H27ClN4O4S. The molecule has 10 heteroatoms. The zero-order valence-electron chi connectivity index (χ0n) is 19.6. The molecule has 0 aliphatic carbocycles.